The second-order valence-corrected chi connectivity index (χ2v) is 10.3. The van der Waals surface area contributed by atoms with Gasteiger partial charge in [-0.15, -0.1) is 0 Å². The number of morpholine rings is 1. The summed E-state index contributed by atoms with van der Waals surface area (Å²) < 4.78 is 8.66. The fourth-order valence-electron chi connectivity index (χ4n) is 4.91. The summed E-state index contributed by atoms with van der Waals surface area (Å²) in [6, 6.07) is 9.11. The normalized spacial score (nSPS) is 19.2. The van der Waals surface area contributed by atoms with E-state index in [-0.39, 0.29) is 42.7 Å². The van der Waals surface area contributed by atoms with Gasteiger partial charge < -0.3 is 20.7 Å². The second kappa shape index (κ2) is 9.99. The van der Waals surface area contributed by atoms with Crippen molar-refractivity contribution in [1.29, 1.82) is 5.26 Å². The van der Waals surface area contributed by atoms with E-state index in [1.54, 1.807) is 22.8 Å². The summed E-state index contributed by atoms with van der Waals surface area (Å²) in [5.74, 6) is -0.487. The number of anilines is 1. The van der Waals surface area contributed by atoms with Gasteiger partial charge in [-0.05, 0) is 62.9 Å². The Kier molecular flexibility index (Phi) is 6.69. The first-order valence-corrected chi connectivity index (χ1v) is 12.8. The number of aromatic nitrogens is 3. The molecule has 1 aromatic carbocycles. The van der Waals surface area contributed by atoms with Gasteiger partial charge in [0.15, 0.2) is 0 Å². The van der Waals surface area contributed by atoms with Crippen LogP contribution in [0.4, 0.5) is 10.5 Å². The molecule has 2 aliphatic rings. The van der Waals surface area contributed by atoms with Crippen molar-refractivity contribution in [2.75, 3.05) is 25.0 Å². The molecule has 0 radical (unpaired) electrons. The molecule has 3 aromatic rings. The molecule has 1 atom stereocenters. The quantitative estimate of drug-likeness (QED) is 0.488. The highest BCUT2D eigenvalue weighted by atomic mass is 16.5. The Balaban J connectivity index is 1.45. The van der Waals surface area contributed by atoms with E-state index in [1.807, 2.05) is 19.9 Å². The number of nitrogens with one attached hydrogen (secondary N) is 1. The molecule has 2 fully saturated rings. The third-order valence-electron chi connectivity index (χ3n) is 7.19. The number of hydrogen-bond acceptors (Lipinski definition) is 7. The van der Waals surface area contributed by atoms with Gasteiger partial charge in [-0.1, -0.05) is 0 Å². The van der Waals surface area contributed by atoms with Crippen molar-refractivity contribution in [3.8, 4) is 6.07 Å². The molecule has 0 spiro atoms. The number of amides is 3. The smallest absolute Gasteiger partial charge is 0.331 e. The Morgan fingerprint density at radius 1 is 1.26 bits per heavy atom. The van der Waals surface area contributed by atoms with Gasteiger partial charge in [0, 0.05) is 31.0 Å². The number of nitrogens with two attached hydrogens (primary N) is 1. The molecule has 202 valence electrons. The van der Waals surface area contributed by atoms with Crippen molar-refractivity contribution in [3.63, 3.8) is 0 Å². The molecule has 1 aliphatic carbocycles. The SMILES string of the molecule is CC(C)n1c(=O)n(CC2CC2)c(=O)c2cc(NC(=O)N3CCOC(C(N)=O)(c4ccc(C#N)cn4)C3)ccc21. The van der Waals surface area contributed by atoms with E-state index in [0.29, 0.717) is 34.6 Å². The van der Waals surface area contributed by atoms with Crippen LogP contribution in [0.2, 0.25) is 0 Å². The number of fused-ring (bicyclic) bond motifs is 1. The Labute approximate surface area is 223 Å². The Morgan fingerprint density at radius 2 is 2.03 bits per heavy atom. The highest BCUT2D eigenvalue weighted by Gasteiger charge is 2.46. The van der Waals surface area contributed by atoms with Crippen molar-refractivity contribution in [2.24, 2.45) is 11.7 Å². The van der Waals surface area contributed by atoms with Gasteiger partial charge in [0.05, 0.1) is 35.3 Å². The van der Waals surface area contributed by atoms with Crippen LogP contribution in [0.15, 0.2) is 46.1 Å². The van der Waals surface area contributed by atoms with Gasteiger partial charge in [0.2, 0.25) is 5.60 Å². The van der Waals surface area contributed by atoms with Gasteiger partial charge in [-0.25, -0.2) is 9.59 Å². The van der Waals surface area contributed by atoms with E-state index in [4.69, 9.17) is 15.7 Å². The predicted molar refractivity (Wildman–Crippen MR) is 142 cm³/mol. The molecule has 3 N–H and O–H groups in total. The largest absolute Gasteiger partial charge is 0.367 e. The number of ether oxygens (including phenoxy) is 1. The molecule has 12 nitrogen and oxygen atoms in total. The fourth-order valence-corrected chi connectivity index (χ4v) is 4.91. The topological polar surface area (TPSA) is 165 Å². The first kappa shape index (κ1) is 26.1. The predicted octanol–water partition coefficient (Wildman–Crippen LogP) is 1.67. The number of nitrogens with zero attached hydrogens (tertiary/aromatic N) is 5. The molecule has 1 saturated heterocycles. The molecule has 0 bridgehead atoms. The zero-order chi connectivity index (χ0) is 27.9. The monoisotopic (exact) mass is 531 g/mol. The van der Waals surface area contributed by atoms with Gasteiger partial charge >= 0.3 is 11.7 Å². The van der Waals surface area contributed by atoms with Crippen LogP contribution in [0, 0.1) is 17.2 Å². The van der Waals surface area contributed by atoms with E-state index in [0.717, 1.165) is 12.8 Å². The summed E-state index contributed by atoms with van der Waals surface area (Å²) >= 11 is 0. The summed E-state index contributed by atoms with van der Waals surface area (Å²) in [7, 11) is 0. The third kappa shape index (κ3) is 4.77. The number of carbonyl (C=O) groups is 2. The summed E-state index contributed by atoms with van der Waals surface area (Å²) in [6.45, 7) is 4.17. The molecule has 3 amide bonds. The number of urea groups is 1. The minimum Gasteiger partial charge on any atom is -0.367 e. The van der Waals surface area contributed by atoms with E-state index in [2.05, 4.69) is 10.3 Å². The van der Waals surface area contributed by atoms with Crippen molar-refractivity contribution >= 4 is 28.5 Å². The zero-order valence-electron chi connectivity index (χ0n) is 21.7. The summed E-state index contributed by atoms with van der Waals surface area (Å²) in [5.41, 5.74) is 4.66. The Hall–Kier alpha value is -4.50. The number of pyridine rings is 1. The lowest BCUT2D eigenvalue weighted by atomic mass is 9.95. The molecule has 5 rings (SSSR count). The molecule has 39 heavy (non-hydrogen) atoms. The fraction of sp³-hybridized carbons (Fsp3) is 0.407. The highest BCUT2D eigenvalue weighted by Crippen LogP contribution is 2.31. The molecular formula is C27H29N7O5. The molecule has 1 aliphatic heterocycles. The maximum absolute atomic E-state index is 13.3. The number of hydrogen-bond donors (Lipinski definition) is 2. The zero-order valence-corrected chi connectivity index (χ0v) is 21.7. The van der Waals surface area contributed by atoms with E-state index < -0.39 is 17.5 Å². The molecule has 12 heteroatoms. The Bertz CT molecular complexity index is 1610. The van der Waals surface area contributed by atoms with Crippen molar-refractivity contribution in [2.45, 2.75) is 44.9 Å². The minimum atomic E-state index is -1.68. The molecule has 3 heterocycles. The standard InChI is InChI=1S/C27H29N7O5/c1-16(2)34-21-7-6-19(11-20(21)23(35)33(26(34)38)14-17-3-4-17)31-25(37)32-9-10-39-27(15-32,24(29)36)22-8-5-18(12-28)13-30-22/h5-8,11,13,16-17H,3-4,9-10,14-15H2,1-2H3,(H2,29,36)(H,31,37). The van der Waals surface area contributed by atoms with E-state index >= 15 is 0 Å². The lowest BCUT2D eigenvalue weighted by molar-refractivity contribution is -0.156. The Morgan fingerprint density at radius 3 is 2.64 bits per heavy atom. The summed E-state index contributed by atoms with van der Waals surface area (Å²) in [4.78, 5) is 57.8. The summed E-state index contributed by atoms with van der Waals surface area (Å²) in [5, 5.41) is 12.2. The first-order chi connectivity index (χ1) is 18.6. The first-order valence-electron chi connectivity index (χ1n) is 12.8. The van der Waals surface area contributed by atoms with Crippen LogP contribution < -0.4 is 22.3 Å². The van der Waals surface area contributed by atoms with Crippen molar-refractivity contribution in [3.05, 3.63) is 68.6 Å². The van der Waals surface area contributed by atoms with Crippen LogP contribution in [0.3, 0.4) is 0 Å². The average Bonchev–Trinajstić information content (AvgIpc) is 3.75. The number of carbonyl (C=O) groups excluding carboxylic acids is 2. The van der Waals surface area contributed by atoms with Crippen LogP contribution in [0.5, 0.6) is 0 Å². The van der Waals surface area contributed by atoms with Crippen LogP contribution in [0.1, 0.15) is 44.0 Å². The molecule has 1 unspecified atom stereocenters. The number of benzene rings is 1. The van der Waals surface area contributed by atoms with Crippen molar-refractivity contribution < 1.29 is 14.3 Å². The number of primary amides is 1. The maximum atomic E-state index is 13.3. The lowest BCUT2D eigenvalue weighted by Gasteiger charge is -2.40. The summed E-state index contributed by atoms with van der Waals surface area (Å²) in [6.07, 6.45) is 3.29. The van der Waals surface area contributed by atoms with E-state index in [9.17, 15) is 19.2 Å². The maximum Gasteiger partial charge on any atom is 0.331 e. The lowest BCUT2D eigenvalue weighted by Crippen LogP contribution is -2.58. The molecule has 2 aromatic heterocycles. The number of nitriles is 1. The van der Waals surface area contributed by atoms with Crippen LogP contribution in [0.25, 0.3) is 10.9 Å². The molecular weight excluding hydrogens is 502 g/mol. The van der Waals surface area contributed by atoms with Gasteiger partial charge in [-0.3, -0.25) is 23.7 Å². The van der Waals surface area contributed by atoms with Crippen LogP contribution >= 0.6 is 0 Å². The van der Waals surface area contributed by atoms with Gasteiger partial charge in [-0.2, -0.15) is 5.26 Å². The highest BCUT2D eigenvalue weighted by molar-refractivity contribution is 5.93. The second-order valence-electron chi connectivity index (χ2n) is 10.3. The third-order valence-corrected chi connectivity index (χ3v) is 7.19. The van der Waals surface area contributed by atoms with Gasteiger partial charge in [0.1, 0.15) is 6.07 Å². The van der Waals surface area contributed by atoms with Crippen LogP contribution in [-0.4, -0.2) is 50.7 Å². The molecule has 1 saturated carbocycles. The number of rotatable bonds is 6. The van der Waals surface area contributed by atoms with Gasteiger partial charge in [0.25, 0.3) is 11.5 Å². The van der Waals surface area contributed by atoms with E-state index in [1.165, 1.54) is 27.8 Å². The van der Waals surface area contributed by atoms with Crippen molar-refractivity contribution in [1.82, 2.24) is 19.0 Å². The average molecular weight is 532 g/mol. The van der Waals surface area contributed by atoms with Crippen LogP contribution in [-0.2, 0) is 21.7 Å². The minimum absolute atomic E-state index is 0.0301.